The van der Waals surface area contributed by atoms with Crippen molar-refractivity contribution >= 4 is 21.6 Å². The molecular formula is C13H17ClN2O3S. The van der Waals surface area contributed by atoms with Crippen LogP contribution >= 0.6 is 11.6 Å². The molecular weight excluding hydrogens is 300 g/mol. The summed E-state index contributed by atoms with van der Waals surface area (Å²) >= 11 is 5.95. The molecule has 0 atom stereocenters. The number of methoxy groups -OCH3 is 1. The third kappa shape index (κ3) is 3.25. The predicted octanol–water partition coefficient (Wildman–Crippen LogP) is 1.45. The average molecular weight is 317 g/mol. The molecule has 0 spiro atoms. The topological polar surface area (TPSA) is 72.6 Å². The van der Waals surface area contributed by atoms with Gasteiger partial charge in [-0.2, -0.15) is 4.31 Å². The SMILES string of the molecule is C#CCN(CC)S(=O)(=O)c1cc(Cl)cc(CN)c1OC. The summed E-state index contributed by atoms with van der Waals surface area (Å²) in [6.07, 6.45) is 5.20. The Hall–Kier alpha value is -1.26. The summed E-state index contributed by atoms with van der Waals surface area (Å²) in [5.41, 5.74) is 6.12. The standard InChI is InChI=1S/C13H17ClN2O3S/c1-4-6-16(5-2)20(17,18)12-8-11(14)7-10(9-15)13(12)19-3/h1,7-8H,5-6,9,15H2,2-3H3. The van der Waals surface area contributed by atoms with Crippen LogP contribution in [0.15, 0.2) is 17.0 Å². The lowest BCUT2D eigenvalue weighted by Gasteiger charge is -2.21. The van der Waals surface area contributed by atoms with Gasteiger partial charge >= 0.3 is 0 Å². The molecule has 0 bridgehead atoms. The second-order valence-electron chi connectivity index (χ2n) is 3.94. The zero-order chi connectivity index (χ0) is 15.3. The fourth-order valence-corrected chi connectivity index (χ4v) is 3.70. The molecule has 5 nitrogen and oxygen atoms in total. The number of hydrogen-bond acceptors (Lipinski definition) is 4. The monoisotopic (exact) mass is 316 g/mol. The molecule has 1 aromatic rings. The first kappa shape index (κ1) is 16.8. The largest absolute Gasteiger partial charge is 0.495 e. The van der Waals surface area contributed by atoms with E-state index >= 15 is 0 Å². The van der Waals surface area contributed by atoms with Crippen LogP contribution in [-0.4, -0.2) is 32.9 Å². The number of sulfonamides is 1. The van der Waals surface area contributed by atoms with E-state index in [0.717, 1.165) is 0 Å². The highest BCUT2D eigenvalue weighted by Crippen LogP contribution is 2.33. The Kier molecular flexibility index (Phi) is 5.84. The minimum Gasteiger partial charge on any atom is -0.495 e. The van der Waals surface area contributed by atoms with Crippen molar-refractivity contribution in [1.29, 1.82) is 0 Å². The molecule has 0 aliphatic carbocycles. The van der Waals surface area contributed by atoms with E-state index in [1.807, 2.05) is 0 Å². The van der Waals surface area contributed by atoms with Crippen LogP contribution in [0.1, 0.15) is 12.5 Å². The maximum absolute atomic E-state index is 12.6. The van der Waals surface area contributed by atoms with Crippen molar-refractivity contribution < 1.29 is 13.2 Å². The fraction of sp³-hybridized carbons (Fsp3) is 0.385. The molecule has 0 unspecified atom stereocenters. The third-order valence-electron chi connectivity index (χ3n) is 2.76. The summed E-state index contributed by atoms with van der Waals surface area (Å²) in [6, 6.07) is 2.92. The summed E-state index contributed by atoms with van der Waals surface area (Å²) in [6.45, 7) is 2.05. The van der Waals surface area contributed by atoms with Crippen LogP contribution in [0.5, 0.6) is 5.75 Å². The number of ether oxygens (including phenoxy) is 1. The lowest BCUT2D eigenvalue weighted by molar-refractivity contribution is 0.392. The molecule has 7 heteroatoms. The van der Waals surface area contributed by atoms with Crippen molar-refractivity contribution in [3.63, 3.8) is 0 Å². The fourth-order valence-electron chi connectivity index (χ4n) is 1.81. The lowest BCUT2D eigenvalue weighted by Crippen LogP contribution is -2.31. The molecule has 0 saturated heterocycles. The van der Waals surface area contributed by atoms with E-state index in [2.05, 4.69) is 5.92 Å². The van der Waals surface area contributed by atoms with E-state index < -0.39 is 10.0 Å². The molecule has 0 aromatic heterocycles. The summed E-state index contributed by atoms with van der Waals surface area (Å²) in [7, 11) is -2.40. The maximum Gasteiger partial charge on any atom is 0.247 e. The van der Waals surface area contributed by atoms with E-state index in [-0.39, 0.29) is 35.3 Å². The first-order valence-electron chi connectivity index (χ1n) is 5.92. The van der Waals surface area contributed by atoms with Crippen LogP contribution in [0.3, 0.4) is 0 Å². The van der Waals surface area contributed by atoms with Crippen LogP contribution < -0.4 is 10.5 Å². The van der Waals surface area contributed by atoms with E-state index in [9.17, 15) is 8.42 Å². The predicted molar refractivity (Wildman–Crippen MR) is 79.2 cm³/mol. The Morgan fingerprint density at radius 1 is 1.50 bits per heavy atom. The second-order valence-corrected chi connectivity index (χ2v) is 6.28. The van der Waals surface area contributed by atoms with Gasteiger partial charge in [-0.25, -0.2) is 8.42 Å². The van der Waals surface area contributed by atoms with Gasteiger partial charge in [0.25, 0.3) is 0 Å². The van der Waals surface area contributed by atoms with Gasteiger partial charge in [-0.1, -0.05) is 24.4 Å². The van der Waals surface area contributed by atoms with Gasteiger partial charge in [0.15, 0.2) is 0 Å². The molecule has 0 heterocycles. The smallest absolute Gasteiger partial charge is 0.247 e. The minimum atomic E-state index is -3.79. The molecule has 0 aliphatic heterocycles. The quantitative estimate of drug-likeness (QED) is 0.806. The van der Waals surface area contributed by atoms with Gasteiger partial charge in [-0.3, -0.25) is 0 Å². The molecule has 2 N–H and O–H groups in total. The highest BCUT2D eigenvalue weighted by molar-refractivity contribution is 7.89. The number of halogens is 1. The highest BCUT2D eigenvalue weighted by Gasteiger charge is 2.28. The Balaban J connectivity index is 3.52. The number of rotatable bonds is 6. The molecule has 1 rings (SSSR count). The van der Waals surface area contributed by atoms with Gasteiger partial charge in [0.05, 0.1) is 13.7 Å². The number of hydrogen-bond donors (Lipinski definition) is 1. The zero-order valence-corrected chi connectivity index (χ0v) is 13.0. The van der Waals surface area contributed by atoms with Crippen molar-refractivity contribution in [2.45, 2.75) is 18.4 Å². The molecule has 0 saturated carbocycles. The van der Waals surface area contributed by atoms with Crippen LogP contribution in [0.25, 0.3) is 0 Å². The van der Waals surface area contributed by atoms with Crippen molar-refractivity contribution in [3.05, 3.63) is 22.7 Å². The summed E-state index contributed by atoms with van der Waals surface area (Å²) in [5, 5.41) is 0.279. The van der Waals surface area contributed by atoms with E-state index in [1.165, 1.54) is 17.5 Å². The van der Waals surface area contributed by atoms with Gasteiger partial charge in [-0.05, 0) is 12.1 Å². The van der Waals surface area contributed by atoms with Gasteiger partial charge in [-0.15, -0.1) is 6.42 Å². The Bertz CT molecular complexity index is 623. The zero-order valence-electron chi connectivity index (χ0n) is 11.4. The number of terminal acetylenes is 1. The number of nitrogens with two attached hydrogens (primary N) is 1. The third-order valence-corrected chi connectivity index (χ3v) is 4.90. The Labute approximate surface area is 124 Å². The average Bonchev–Trinajstić information content (AvgIpc) is 2.43. The van der Waals surface area contributed by atoms with Crippen molar-refractivity contribution in [3.8, 4) is 18.1 Å². The van der Waals surface area contributed by atoms with Gasteiger partial charge < -0.3 is 10.5 Å². The van der Waals surface area contributed by atoms with E-state index in [4.69, 9.17) is 28.5 Å². The molecule has 0 radical (unpaired) electrons. The summed E-state index contributed by atoms with van der Waals surface area (Å²) in [4.78, 5) is -0.0231. The van der Waals surface area contributed by atoms with E-state index in [0.29, 0.717) is 5.56 Å². The van der Waals surface area contributed by atoms with Gasteiger partial charge in [0, 0.05) is 23.7 Å². The minimum absolute atomic E-state index is 0.0214. The molecule has 20 heavy (non-hydrogen) atoms. The van der Waals surface area contributed by atoms with Crippen LogP contribution in [-0.2, 0) is 16.6 Å². The first-order valence-corrected chi connectivity index (χ1v) is 7.74. The molecule has 110 valence electrons. The summed E-state index contributed by atoms with van der Waals surface area (Å²) in [5.74, 6) is 2.52. The van der Waals surface area contributed by atoms with Crippen LogP contribution in [0.2, 0.25) is 5.02 Å². The highest BCUT2D eigenvalue weighted by atomic mass is 35.5. The van der Waals surface area contributed by atoms with Crippen LogP contribution in [0, 0.1) is 12.3 Å². The molecule has 1 aromatic carbocycles. The Morgan fingerprint density at radius 3 is 2.60 bits per heavy atom. The molecule has 0 fully saturated rings. The molecule has 0 amide bonds. The lowest BCUT2D eigenvalue weighted by atomic mass is 10.2. The Morgan fingerprint density at radius 2 is 2.15 bits per heavy atom. The summed E-state index contributed by atoms with van der Waals surface area (Å²) < 4.78 is 31.6. The van der Waals surface area contributed by atoms with Crippen LogP contribution in [0.4, 0.5) is 0 Å². The first-order chi connectivity index (χ1) is 9.42. The van der Waals surface area contributed by atoms with E-state index in [1.54, 1.807) is 13.0 Å². The van der Waals surface area contributed by atoms with Gasteiger partial charge in [0.2, 0.25) is 10.0 Å². The van der Waals surface area contributed by atoms with Gasteiger partial charge in [0.1, 0.15) is 10.6 Å². The number of benzene rings is 1. The number of nitrogens with zero attached hydrogens (tertiary/aromatic N) is 1. The normalized spacial score (nSPS) is 11.4. The van der Waals surface area contributed by atoms with Crippen molar-refractivity contribution in [2.75, 3.05) is 20.2 Å². The van der Waals surface area contributed by atoms with Crippen molar-refractivity contribution in [1.82, 2.24) is 4.31 Å². The second kappa shape index (κ2) is 6.95. The van der Waals surface area contributed by atoms with Crippen molar-refractivity contribution in [2.24, 2.45) is 5.73 Å². The molecule has 0 aliphatic rings. The maximum atomic E-state index is 12.6.